The van der Waals surface area contributed by atoms with Crippen molar-refractivity contribution in [3.63, 3.8) is 0 Å². The van der Waals surface area contributed by atoms with E-state index in [4.69, 9.17) is 0 Å². The van der Waals surface area contributed by atoms with Crippen LogP contribution in [0.2, 0.25) is 0 Å². The van der Waals surface area contributed by atoms with E-state index in [0.29, 0.717) is 5.56 Å². The molecule has 28 heavy (non-hydrogen) atoms. The number of para-hydroxylation sites is 1. The van der Waals surface area contributed by atoms with Crippen LogP contribution >= 0.6 is 0 Å². The summed E-state index contributed by atoms with van der Waals surface area (Å²) in [5.41, 5.74) is 2.94. The molecule has 0 bridgehead atoms. The van der Waals surface area contributed by atoms with E-state index in [0.717, 1.165) is 17.7 Å². The molecule has 1 amide bonds. The monoisotopic (exact) mass is 373 g/mol. The number of amides is 1. The summed E-state index contributed by atoms with van der Waals surface area (Å²) in [4.78, 5) is 15.3. The zero-order chi connectivity index (χ0) is 19.9. The number of carbonyl (C=O) groups excluding carboxylic acids is 1. The second-order valence-corrected chi connectivity index (χ2v) is 8.36. The highest BCUT2D eigenvalue weighted by atomic mass is 19.1. The Morgan fingerprint density at radius 2 is 1.57 bits per heavy atom. The molecule has 1 heterocycles. The molecule has 1 aliphatic heterocycles. The molecule has 0 aliphatic carbocycles. The van der Waals surface area contributed by atoms with Crippen molar-refractivity contribution >= 4 is 11.6 Å². The average molecular weight is 373 g/mol. The van der Waals surface area contributed by atoms with Crippen LogP contribution < -0.4 is 4.90 Å². The minimum atomic E-state index is -0.442. The van der Waals surface area contributed by atoms with Gasteiger partial charge in [-0.25, -0.2) is 4.39 Å². The lowest BCUT2D eigenvalue weighted by molar-refractivity contribution is 0.0948. The van der Waals surface area contributed by atoms with E-state index < -0.39 is 11.4 Å². The normalized spacial score (nSPS) is 20.5. The lowest BCUT2D eigenvalue weighted by atomic mass is 9.65. The molecule has 0 radical (unpaired) electrons. The maximum Gasteiger partial charge on any atom is 0.258 e. The highest BCUT2D eigenvalue weighted by Crippen LogP contribution is 2.50. The van der Waals surface area contributed by atoms with Crippen LogP contribution in [0.25, 0.3) is 0 Å². The molecule has 0 saturated carbocycles. The van der Waals surface area contributed by atoms with Crippen LogP contribution in [0.3, 0.4) is 0 Å². The number of carbonyl (C=O) groups is 1. The van der Waals surface area contributed by atoms with Crippen LogP contribution in [0, 0.1) is 5.82 Å². The Labute approximate surface area is 165 Å². The standard InChI is InChI=1S/C25H24FNO/c1-24(2)17-25(3,19-11-5-4-6-12-19)21-14-7-8-15-22(21)27(24)23(28)18-10-9-13-20(26)16-18/h4-16H,17H2,1-3H3. The Bertz CT molecular complexity index is 1030. The van der Waals surface area contributed by atoms with Crippen LogP contribution in [-0.4, -0.2) is 11.4 Å². The molecule has 0 saturated heterocycles. The summed E-state index contributed by atoms with van der Waals surface area (Å²) in [5, 5.41) is 0. The van der Waals surface area contributed by atoms with Crippen molar-refractivity contribution in [3.8, 4) is 0 Å². The third kappa shape index (κ3) is 2.91. The maximum atomic E-state index is 13.8. The molecule has 3 aromatic rings. The van der Waals surface area contributed by atoms with E-state index >= 15 is 0 Å². The molecule has 1 aliphatic rings. The van der Waals surface area contributed by atoms with Crippen molar-refractivity contribution in [1.29, 1.82) is 0 Å². The molecule has 3 aromatic carbocycles. The highest BCUT2D eigenvalue weighted by Gasteiger charge is 2.47. The fourth-order valence-corrected chi connectivity index (χ4v) is 4.70. The van der Waals surface area contributed by atoms with Gasteiger partial charge in [-0.1, -0.05) is 61.5 Å². The number of benzene rings is 3. The Morgan fingerprint density at radius 1 is 0.893 bits per heavy atom. The molecule has 1 atom stereocenters. The number of hydrogen-bond donors (Lipinski definition) is 0. The smallest absolute Gasteiger partial charge is 0.258 e. The molecule has 0 aromatic heterocycles. The summed E-state index contributed by atoms with van der Waals surface area (Å²) in [6.45, 7) is 6.41. The number of nitrogens with zero attached hydrogens (tertiary/aromatic N) is 1. The van der Waals surface area contributed by atoms with E-state index in [1.807, 2.05) is 29.2 Å². The number of rotatable bonds is 2. The fourth-order valence-electron chi connectivity index (χ4n) is 4.70. The zero-order valence-electron chi connectivity index (χ0n) is 16.4. The van der Waals surface area contributed by atoms with Crippen molar-refractivity contribution in [2.75, 3.05) is 4.90 Å². The van der Waals surface area contributed by atoms with Gasteiger partial charge in [0.15, 0.2) is 0 Å². The first-order chi connectivity index (χ1) is 13.3. The number of halogens is 1. The van der Waals surface area contributed by atoms with Crippen molar-refractivity contribution in [2.24, 2.45) is 0 Å². The van der Waals surface area contributed by atoms with Crippen LogP contribution in [0.5, 0.6) is 0 Å². The molecule has 0 spiro atoms. The summed E-state index contributed by atoms with van der Waals surface area (Å²) in [6.07, 6.45) is 0.766. The molecule has 142 valence electrons. The number of fused-ring (bicyclic) bond motifs is 1. The van der Waals surface area contributed by atoms with Crippen LogP contribution in [0.15, 0.2) is 78.9 Å². The summed E-state index contributed by atoms with van der Waals surface area (Å²) in [7, 11) is 0. The van der Waals surface area contributed by atoms with Crippen LogP contribution in [0.4, 0.5) is 10.1 Å². The third-order valence-corrected chi connectivity index (χ3v) is 5.82. The van der Waals surface area contributed by atoms with Crippen molar-refractivity contribution in [1.82, 2.24) is 0 Å². The quantitative estimate of drug-likeness (QED) is 0.543. The molecule has 2 nitrogen and oxygen atoms in total. The Hall–Kier alpha value is -2.94. The van der Waals surface area contributed by atoms with Crippen LogP contribution in [-0.2, 0) is 5.41 Å². The molecule has 3 heteroatoms. The van der Waals surface area contributed by atoms with Gasteiger partial charge in [-0.2, -0.15) is 0 Å². The predicted molar refractivity (Wildman–Crippen MR) is 111 cm³/mol. The first-order valence-electron chi connectivity index (χ1n) is 9.58. The highest BCUT2D eigenvalue weighted by molar-refractivity contribution is 6.08. The van der Waals surface area contributed by atoms with Crippen molar-refractivity contribution < 1.29 is 9.18 Å². The molecule has 0 N–H and O–H groups in total. The van der Waals surface area contributed by atoms with Gasteiger partial charge in [0.1, 0.15) is 5.82 Å². The van der Waals surface area contributed by atoms with E-state index in [-0.39, 0.29) is 11.3 Å². The van der Waals surface area contributed by atoms with Gasteiger partial charge in [0.25, 0.3) is 5.91 Å². The Balaban J connectivity index is 1.89. The van der Waals surface area contributed by atoms with Gasteiger partial charge in [0, 0.05) is 22.2 Å². The molecular weight excluding hydrogens is 349 g/mol. The molecule has 1 unspecified atom stereocenters. The van der Waals surface area contributed by atoms with E-state index in [9.17, 15) is 9.18 Å². The molecule has 4 rings (SSSR count). The van der Waals surface area contributed by atoms with Gasteiger partial charge >= 0.3 is 0 Å². The minimum absolute atomic E-state index is 0.174. The van der Waals surface area contributed by atoms with Gasteiger partial charge in [0.2, 0.25) is 0 Å². The van der Waals surface area contributed by atoms with Gasteiger partial charge < -0.3 is 4.90 Å². The lowest BCUT2D eigenvalue weighted by Crippen LogP contribution is -2.55. The van der Waals surface area contributed by atoms with Gasteiger partial charge in [-0.05, 0) is 55.7 Å². The summed E-state index contributed by atoms with van der Waals surface area (Å²) >= 11 is 0. The largest absolute Gasteiger partial charge is 0.302 e. The average Bonchev–Trinajstić information content (AvgIpc) is 2.68. The second-order valence-electron chi connectivity index (χ2n) is 8.36. The number of anilines is 1. The molecular formula is C25H24FNO. The van der Waals surface area contributed by atoms with E-state index in [1.165, 1.54) is 17.7 Å². The topological polar surface area (TPSA) is 20.3 Å². The fraction of sp³-hybridized carbons (Fsp3) is 0.240. The summed E-state index contributed by atoms with van der Waals surface area (Å²) < 4.78 is 13.8. The Morgan fingerprint density at radius 3 is 2.29 bits per heavy atom. The maximum absolute atomic E-state index is 13.8. The molecule has 0 fully saturated rings. The lowest BCUT2D eigenvalue weighted by Gasteiger charge is -2.51. The SMILES string of the molecule is CC1(c2ccccc2)CC(C)(C)N(C(=O)c2cccc(F)c2)c2ccccc21. The van der Waals surface area contributed by atoms with Gasteiger partial charge in [-0.15, -0.1) is 0 Å². The first-order valence-corrected chi connectivity index (χ1v) is 9.58. The van der Waals surface area contributed by atoms with Crippen molar-refractivity contribution in [3.05, 3.63) is 101 Å². The predicted octanol–water partition coefficient (Wildman–Crippen LogP) is 5.96. The first kappa shape index (κ1) is 18.4. The van der Waals surface area contributed by atoms with Crippen LogP contribution in [0.1, 0.15) is 48.7 Å². The van der Waals surface area contributed by atoms with Gasteiger partial charge in [-0.3, -0.25) is 4.79 Å². The Kier molecular flexibility index (Phi) is 4.34. The second kappa shape index (κ2) is 6.59. The van der Waals surface area contributed by atoms with Crippen molar-refractivity contribution in [2.45, 2.75) is 38.1 Å². The van der Waals surface area contributed by atoms with E-state index in [1.54, 1.807) is 12.1 Å². The van der Waals surface area contributed by atoms with Gasteiger partial charge in [0.05, 0.1) is 0 Å². The number of hydrogen-bond acceptors (Lipinski definition) is 1. The summed E-state index contributed by atoms with van der Waals surface area (Å²) in [5.74, 6) is -0.574. The zero-order valence-corrected chi connectivity index (χ0v) is 16.4. The van der Waals surface area contributed by atoms with E-state index in [2.05, 4.69) is 51.1 Å². The third-order valence-electron chi connectivity index (χ3n) is 5.82. The summed E-state index contributed by atoms with van der Waals surface area (Å²) in [6, 6.07) is 24.4. The minimum Gasteiger partial charge on any atom is -0.302 e.